The van der Waals surface area contributed by atoms with Gasteiger partial charge in [0.2, 0.25) is 0 Å². The van der Waals surface area contributed by atoms with Crippen LogP contribution in [-0.2, 0) is 5.41 Å². The Morgan fingerprint density at radius 3 is 2.12 bits per heavy atom. The lowest BCUT2D eigenvalue weighted by Gasteiger charge is -2.37. The van der Waals surface area contributed by atoms with Crippen molar-refractivity contribution in [1.82, 2.24) is 0 Å². The highest BCUT2D eigenvalue weighted by Crippen LogP contribution is 2.46. The maximum atomic E-state index is 9.92. The second-order valence-electron chi connectivity index (χ2n) is 4.72. The van der Waals surface area contributed by atoms with E-state index in [1.165, 1.54) is 6.42 Å². The minimum absolute atomic E-state index is 0.173. The van der Waals surface area contributed by atoms with Gasteiger partial charge in [0.1, 0.15) is 11.5 Å². The van der Waals surface area contributed by atoms with Crippen LogP contribution < -0.4 is 5.73 Å². The number of phenols is 2. The molecule has 0 aromatic heterocycles. The fraction of sp³-hybridized carbons (Fsp3) is 0.538. The van der Waals surface area contributed by atoms with Crippen LogP contribution in [0, 0.1) is 0 Å². The van der Waals surface area contributed by atoms with Gasteiger partial charge in [0.05, 0.1) is 0 Å². The van der Waals surface area contributed by atoms with Gasteiger partial charge in [-0.25, -0.2) is 0 Å². The zero-order valence-corrected chi connectivity index (χ0v) is 9.45. The van der Waals surface area contributed by atoms with Crippen molar-refractivity contribution in [2.75, 3.05) is 6.54 Å². The summed E-state index contributed by atoms with van der Waals surface area (Å²) in [5.41, 5.74) is 6.31. The van der Waals surface area contributed by atoms with Crippen molar-refractivity contribution in [3.63, 3.8) is 0 Å². The summed E-state index contributed by atoms with van der Waals surface area (Å²) in [4.78, 5) is 0. The average molecular weight is 221 g/mol. The van der Waals surface area contributed by atoms with E-state index in [1.807, 2.05) is 0 Å². The molecule has 1 aliphatic carbocycles. The molecule has 0 spiro atoms. The lowest BCUT2D eigenvalue weighted by Crippen LogP contribution is -2.37. The van der Waals surface area contributed by atoms with Gasteiger partial charge >= 0.3 is 0 Å². The highest BCUT2D eigenvalue weighted by atomic mass is 16.3. The van der Waals surface area contributed by atoms with Crippen LogP contribution in [0.25, 0.3) is 0 Å². The van der Waals surface area contributed by atoms with E-state index in [9.17, 15) is 10.2 Å². The number of aromatic hydroxyl groups is 2. The van der Waals surface area contributed by atoms with Gasteiger partial charge in [-0.1, -0.05) is 25.3 Å². The summed E-state index contributed by atoms with van der Waals surface area (Å²) in [5.74, 6) is 0.347. The van der Waals surface area contributed by atoms with E-state index in [0.29, 0.717) is 12.1 Å². The van der Waals surface area contributed by atoms with Gasteiger partial charge < -0.3 is 15.9 Å². The van der Waals surface area contributed by atoms with Crippen LogP contribution in [0.4, 0.5) is 0 Å². The summed E-state index contributed by atoms with van der Waals surface area (Å²) in [6, 6.07) is 4.91. The summed E-state index contributed by atoms with van der Waals surface area (Å²) in [6.45, 7) is 0.484. The van der Waals surface area contributed by atoms with Crippen molar-refractivity contribution < 1.29 is 10.2 Å². The maximum Gasteiger partial charge on any atom is 0.123 e. The number of hydrogen-bond acceptors (Lipinski definition) is 3. The van der Waals surface area contributed by atoms with Gasteiger partial charge in [-0.3, -0.25) is 0 Å². The van der Waals surface area contributed by atoms with Gasteiger partial charge in [-0.15, -0.1) is 0 Å². The number of phenolic OH excluding ortho intramolecular Hbond substituents is 2. The number of benzene rings is 1. The average Bonchev–Trinajstić information content (AvgIpc) is 2.30. The Kier molecular flexibility index (Phi) is 3.06. The van der Waals surface area contributed by atoms with Crippen molar-refractivity contribution in [3.8, 4) is 11.5 Å². The Morgan fingerprint density at radius 2 is 1.62 bits per heavy atom. The van der Waals surface area contributed by atoms with Crippen LogP contribution >= 0.6 is 0 Å². The van der Waals surface area contributed by atoms with Gasteiger partial charge in [0.15, 0.2) is 0 Å². The molecule has 88 valence electrons. The standard InChI is InChI=1S/C13H19NO2/c14-9-13(7-2-1-3-8-13)12-10(15)5-4-6-11(12)16/h4-6,15-16H,1-3,7-9,14H2. The monoisotopic (exact) mass is 221 g/mol. The quantitative estimate of drug-likeness (QED) is 0.717. The van der Waals surface area contributed by atoms with E-state index in [4.69, 9.17) is 5.73 Å². The smallest absolute Gasteiger partial charge is 0.123 e. The molecule has 3 heteroatoms. The molecule has 0 amide bonds. The minimum Gasteiger partial charge on any atom is -0.508 e. The van der Waals surface area contributed by atoms with E-state index in [2.05, 4.69) is 0 Å². The first-order valence-corrected chi connectivity index (χ1v) is 5.91. The Bertz CT molecular complexity index is 350. The lowest BCUT2D eigenvalue weighted by atomic mass is 9.69. The SMILES string of the molecule is NCC1(c2c(O)cccc2O)CCCCC1. The van der Waals surface area contributed by atoms with Crippen LogP contribution in [0.3, 0.4) is 0 Å². The summed E-state index contributed by atoms with van der Waals surface area (Å²) in [7, 11) is 0. The van der Waals surface area contributed by atoms with Crippen LogP contribution in [0.15, 0.2) is 18.2 Å². The topological polar surface area (TPSA) is 66.5 Å². The first kappa shape index (κ1) is 11.3. The molecule has 0 heterocycles. The predicted octanol–water partition coefficient (Wildman–Crippen LogP) is 2.26. The molecular formula is C13H19NO2. The fourth-order valence-electron chi connectivity index (χ4n) is 2.86. The highest BCUT2D eigenvalue weighted by molar-refractivity contribution is 5.48. The van der Waals surface area contributed by atoms with Crippen LogP contribution in [0.5, 0.6) is 11.5 Å². The molecule has 0 radical (unpaired) electrons. The normalized spacial score (nSPS) is 19.6. The van der Waals surface area contributed by atoms with Crippen molar-refractivity contribution >= 4 is 0 Å². The molecule has 0 saturated heterocycles. The summed E-state index contributed by atoms with van der Waals surface area (Å²) in [6.07, 6.45) is 5.36. The zero-order chi connectivity index (χ0) is 11.6. The Labute approximate surface area is 95.9 Å². The lowest BCUT2D eigenvalue weighted by molar-refractivity contribution is 0.280. The third kappa shape index (κ3) is 1.76. The highest BCUT2D eigenvalue weighted by Gasteiger charge is 2.36. The Morgan fingerprint density at radius 1 is 1.06 bits per heavy atom. The summed E-state index contributed by atoms with van der Waals surface area (Å²) < 4.78 is 0. The molecule has 1 aromatic carbocycles. The largest absolute Gasteiger partial charge is 0.508 e. The first-order chi connectivity index (χ1) is 7.69. The molecule has 0 unspecified atom stereocenters. The second-order valence-corrected chi connectivity index (χ2v) is 4.72. The molecule has 0 atom stereocenters. The van der Waals surface area contributed by atoms with Crippen molar-refractivity contribution in [2.45, 2.75) is 37.5 Å². The molecule has 1 aromatic rings. The third-order valence-corrected chi connectivity index (χ3v) is 3.75. The van der Waals surface area contributed by atoms with E-state index in [-0.39, 0.29) is 16.9 Å². The van der Waals surface area contributed by atoms with E-state index in [0.717, 1.165) is 25.7 Å². The Hall–Kier alpha value is -1.22. The first-order valence-electron chi connectivity index (χ1n) is 5.91. The molecule has 3 nitrogen and oxygen atoms in total. The van der Waals surface area contributed by atoms with Crippen LogP contribution in [0.1, 0.15) is 37.7 Å². The van der Waals surface area contributed by atoms with Crippen LogP contribution in [0.2, 0.25) is 0 Å². The molecule has 1 fully saturated rings. The number of nitrogens with two attached hydrogens (primary N) is 1. The molecular weight excluding hydrogens is 202 g/mol. The molecule has 2 rings (SSSR count). The molecule has 4 N–H and O–H groups in total. The maximum absolute atomic E-state index is 9.92. The zero-order valence-electron chi connectivity index (χ0n) is 9.45. The predicted molar refractivity (Wildman–Crippen MR) is 63.6 cm³/mol. The van der Waals surface area contributed by atoms with Crippen molar-refractivity contribution in [1.29, 1.82) is 0 Å². The number of hydrogen-bond donors (Lipinski definition) is 3. The molecule has 0 bridgehead atoms. The van der Waals surface area contributed by atoms with Gasteiger partial charge in [-0.2, -0.15) is 0 Å². The second kappa shape index (κ2) is 4.34. The van der Waals surface area contributed by atoms with E-state index < -0.39 is 0 Å². The van der Waals surface area contributed by atoms with Gasteiger partial charge in [-0.05, 0) is 25.0 Å². The van der Waals surface area contributed by atoms with Gasteiger partial charge in [0, 0.05) is 17.5 Å². The number of rotatable bonds is 2. The Balaban J connectivity index is 2.46. The third-order valence-electron chi connectivity index (χ3n) is 3.75. The molecule has 1 saturated carbocycles. The van der Waals surface area contributed by atoms with Crippen molar-refractivity contribution in [3.05, 3.63) is 23.8 Å². The minimum atomic E-state index is -0.228. The van der Waals surface area contributed by atoms with Gasteiger partial charge in [0.25, 0.3) is 0 Å². The van der Waals surface area contributed by atoms with Crippen molar-refractivity contribution in [2.24, 2.45) is 5.73 Å². The summed E-state index contributed by atoms with van der Waals surface area (Å²) in [5, 5.41) is 19.8. The fourth-order valence-corrected chi connectivity index (χ4v) is 2.86. The van der Waals surface area contributed by atoms with E-state index in [1.54, 1.807) is 18.2 Å². The van der Waals surface area contributed by atoms with E-state index >= 15 is 0 Å². The molecule has 1 aliphatic rings. The molecule has 0 aliphatic heterocycles. The van der Waals surface area contributed by atoms with Crippen LogP contribution in [-0.4, -0.2) is 16.8 Å². The molecule has 16 heavy (non-hydrogen) atoms. The summed E-state index contributed by atoms with van der Waals surface area (Å²) >= 11 is 0.